The summed E-state index contributed by atoms with van der Waals surface area (Å²) in [5.74, 6) is 0.822. The molecule has 2 heterocycles. The molecular weight excluding hydrogens is 252 g/mol. The van der Waals surface area contributed by atoms with Crippen molar-refractivity contribution in [2.24, 2.45) is 5.73 Å². The van der Waals surface area contributed by atoms with E-state index in [1.807, 2.05) is 6.20 Å². The number of ether oxygens (including phenoxy) is 1. The Bertz CT molecular complexity index is 477. The van der Waals surface area contributed by atoms with Gasteiger partial charge >= 0.3 is 0 Å². The quantitative estimate of drug-likeness (QED) is 0.888. The van der Waals surface area contributed by atoms with E-state index in [4.69, 9.17) is 15.5 Å². The SMILES string of the molecule is CC(C)N1CCOC(c2ncc3c(n2)CCCC3N)C1. The van der Waals surface area contributed by atoms with Gasteiger partial charge < -0.3 is 10.5 Å². The number of morpholine rings is 1. The number of hydrogen-bond acceptors (Lipinski definition) is 5. The van der Waals surface area contributed by atoms with Crippen LogP contribution in [0.4, 0.5) is 0 Å². The summed E-state index contributed by atoms with van der Waals surface area (Å²) in [6.07, 6.45) is 5.08. The molecule has 2 unspecified atom stereocenters. The molecule has 1 saturated heterocycles. The predicted molar refractivity (Wildman–Crippen MR) is 77.3 cm³/mol. The maximum atomic E-state index is 6.12. The number of nitrogens with two attached hydrogens (primary N) is 1. The Balaban J connectivity index is 1.80. The smallest absolute Gasteiger partial charge is 0.158 e. The number of nitrogens with zero attached hydrogens (tertiary/aromatic N) is 3. The van der Waals surface area contributed by atoms with E-state index in [2.05, 4.69) is 23.7 Å². The summed E-state index contributed by atoms with van der Waals surface area (Å²) >= 11 is 0. The van der Waals surface area contributed by atoms with Gasteiger partial charge in [-0.15, -0.1) is 0 Å². The topological polar surface area (TPSA) is 64.3 Å². The molecule has 1 aliphatic heterocycles. The van der Waals surface area contributed by atoms with Crippen molar-refractivity contribution in [3.63, 3.8) is 0 Å². The van der Waals surface area contributed by atoms with Gasteiger partial charge in [0.1, 0.15) is 6.10 Å². The first-order valence-electron chi connectivity index (χ1n) is 7.62. The van der Waals surface area contributed by atoms with E-state index in [9.17, 15) is 0 Å². The lowest BCUT2D eigenvalue weighted by molar-refractivity contribution is -0.0444. The van der Waals surface area contributed by atoms with Crippen LogP contribution in [-0.2, 0) is 11.2 Å². The fraction of sp³-hybridized carbons (Fsp3) is 0.733. The van der Waals surface area contributed by atoms with Crippen molar-refractivity contribution in [2.75, 3.05) is 19.7 Å². The highest BCUT2D eigenvalue weighted by molar-refractivity contribution is 5.24. The van der Waals surface area contributed by atoms with Crippen molar-refractivity contribution in [2.45, 2.75) is 51.3 Å². The molecule has 2 aliphatic rings. The maximum absolute atomic E-state index is 6.12. The molecule has 110 valence electrons. The second kappa shape index (κ2) is 5.76. The van der Waals surface area contributed by atoms with Crippen molar-refractivity contribution < 1.29 is 4.74 Å². The first kappa shape index (κ1) is 13.9. The second-order valence-corrected chi connectivity index (χ2v) is 6.08. The van der Waals surface area contributed by atoms with Gasteiger partial charge in [-0.2, -0.15) is 0 Å². The average Bonchev–Trinajstić information content (AvgIpc) is 2.47. The van der Waals surface area contributed by atoms with Gasteiger partial charge in [-0.1, -0.05) is 0 Å². The van der Waals surface area contributed by atoms with Gasteiger partial charge in [-0.05, 0) is 33.1 Å². The molecule has 0 radical (unpaired) electrons. The third-order valence-electron chi connectivity index (χ3n) is 4.36. The summed E-state index contributed by atoms with van der Waals surface area (Å²) in [5, 5.41) is 0. The Hall–Kier alpha value is -1.04. The van der Waals surface area contributed by atoms with E-state index < -0.39 is 0 Å². The third kappa shape index (κ3) is 2.71. The largest absolute Gasteiger partial charge is 0.368 e. The summed E-state index contributed by atoms with van der Waals surface area (Å²) in [7, 11) is 0. The minimum atomic E-state index is -0.00500. The number of rotatable bonds is 2. The van der Waals surface area contributed by atoms with Crippen LogP contribution in [-0.4, -0.2) is 40.6 Å². The molecule has 2 N–H and O–H groups in total. The zero-order valence-electron chi connectivity index (χ0n) is 12.4. The Kier molecular flexibility index (Phi) is 4.01. The predicted octanol–water partition coefficient (Wildman–Crippen LogP) is 1.59. The molecule has 0 amide bonds. The van der Waals surface area contributed by atoms with Crippen LogP contribution in [0.25, 0.3) is 0 Å². The van der Waals surface area contributed by atoms with Crippen molar-refractivity contribution in [1.82, 2.24) is 14.9 Å². The Labute approximate surface area is 120 Å². The van der Waals surface area contributed by atoms with E-state index in [0.29, 0.717) is 6.04 Å². The van der Waals surface area contributed by atoms with E-state index in [0.717, 1.165) is 56.0 Å². The van der Waals surface area contributed by atoms with Crippen LogP contribution in [0.15, 0.2) is 6.20 Å². The Morgan fingerprint density at radius 1 is 1.45 bits per heavy atom. The lowest BCUT2D eigenvalue weighted by Crippen LogP contribution is -2.42. The van der Waals surface area contributed by atoms with Crippen LogP contribution in [0.2, 0.25) is 0 Å². The molecule has 1 aromatic heterocycles. The first-order valence-corrected chi connectivity index (χ1v) is 7.62. The molecule has 0 bridgehead atoms. The molecule has 0 aromatic carbocycles. The van der Waals surface area contributed by atoms with Crippen LogP contribution in [0.5, 0.6) is 0 Å². The molecular formula is C15H24N4O. The van der Waals surface area contributed by atoms with Crippen LogP contribution < -0.4 is 5.73 Å². The zero-order chi connectivity index (χ0) is 14.1. The summed E-state index contributed by atoms with van der Waals surface area (Å²) in [4.78, 5) is 11.7. The van der Waals surface area contributed by atoms with Gasteiger partial charge in [0.25, 0.3) is 0 Å². The summed E-state index contributed by atoms with van der Waals surface area (Å²) in [6, 6.07) is 0.639. The van der Waals surface area contributed by atoms with Gasteiger partial charge in [0, 0.05) is 42.6 Å². The van der Waals surface area contributed by atoms with E-state index in [-0.39, 0.29) is 12.1 Å². The lowest BCUT2D eigenvalue weighted by atomic mass is 9.93. The van der Waals surface area contributed by atoms with Crippen LogP contribution in [0, 0.1) is 0 Å². The van der Waals surface area contributed by atoms with Crippen LogP contribution in [0.1, 0.15) is 55.9 Å². The molecule has 3 rings (SSSR count). The molecule has 1 fully saturated rings. The lowest BCUT2D eigenvalue weighted by Gasteiger charge is -2.35. The number of aryl methyl sites for hydroxylation is 1. The van der Waals surface area contributed by atoms with Gasteiger partial charge in [0.15, 0.2) is 5.82 Å². The minimum absolute atomic E-state index is 0.00500. The molecule has 2 atom stereocenters. The van der Waals surface area contributed by atoms with E-state index in [1.54, 1.807) is 0 Å². The fourth-order valence-electron chi connectivity index (χ4n) is 3.05. The van der Waals surface area contributed by atoms with E-state index in [1.165, 1.54) is 0 Å². The molecule has 0 saturated carbocycles. The van der Waals surface area contributed by atoms with Crippen LogP contribution >= 0.6 is 0 Å². The molecule has 1 aliphatic carbocycles. The normalized spacial score (nSPS) is 27.6. The minimum Gasteiger partial charge on any atom is -0.368 e. The standard InChI is InChI=1S/C15H24N4O/c1-10(2)19-6-7-20-14(9-19)15-17-8-11-12(16)4-3-5-13(11)18-15/h8,10,12,14H,3-7,9,16H2,1-2H3. The van der Waals surface area contributed by atoms with Gasteiger partial charge in [-0.25, -0.2) is 9.97 Å². The van der Waals surface area contributed by atoms with Gasteiger partial charge in [-0.3, -0.25) is 4.90 Å². The van der Waals surface area contributed by atoms with Gasteiger partial charge in [0.2, 0.25) is 0 Å². The molecule has 20 heavy (non-hydrogen) atoms. The fourth-order valence-corrected chi connectivity index (χ4v) is 3.05. The summed E-state index contributed by atoms with van der Waals surface area (Å²) in [6.45, 7) is 7.06. The van der Waals surface area contributed by atoms with Gasteiger partial charge in [0.05, 0.1) is 6.61 Å². The molecule has 5 nitrogen and oxygen atoms in total. The summed E-state index contributed by atoms with van der Waals surface area (Å²) < 4.78 is 5.86. The maximum Gasteiger partial charge on any atom is 0.158 e. The summed E-state index contributed by atoms with van der Waals surface area (Å²) in [5.41, 5.74) is 8.36. The van der Waals surface area contributed by atoms with Crippen molar-refractivity contribution in [1.29, 1.82) is 0 Å². The first-order chi connectivity index (χ1) is 9.65. The number of aromatic nitrogens is 2. The number of hydrogen-bond donors (Lipinski definition) is 1. The highest BCUT2D eigenvalue weighted by atomic mass is 16.5. The monoisotopic (exact) mass is 276 g/mol. The average molecular weight is 276 g/mol. The van der Waals surface area contributed by atoms with Crippen molar-refractivity contribution >= 4 is 0 Å². The Morgan fingerprint density at radius 2 is 2.30 bits per heavy atom. The molecule has 5 heteroatoms. The van der Waals surface area contributed by atoms with E-state index >= 15 is 0 Å². The number of fused-ring (bicyclic) bond motifs is 1. The highest BCUT2D eigenvalue weighted by Gasteiger charge is 2.27. The highest BCUT2D eigenvalue weighted by Crippen LogP contribution is 2.28. The second-order valence-electron chi connectivity index (χ2n) is 6.08. The molecule has 1 aromatic rings. The third-order valence-corrected chi connectivity index (χ3v) is 4.36. The molecule has 0 spiro atoms. The van der Waals surface area contributed by atoms with Crippen molar-refractivity contribution in [3.8, 4) is 0 Å². The zero-order valence-corrected chi connectivity index (χ0v) is 12.4. The van der Waals surface area contributed by atoms with Crippen molar-refractivity contribution in [3.05, 3.63) is 23.3 Å². The Morgan fingerprint density at radius 3 is 3.10 bits per heavy atom. The van der Waals surface area contributed by atoms with Crippen LogP contribution in [0.3, 0.4) is 0 Å².